The first-order valence-corrected chi connectivity index (χ1v) is 7.54. The van der Waals surface area contributed by atoms with Crippen LogP contribution < -0.4 is 4.74 Å². The Balaban J connectivity index is 1.87. The van der Waals surface area contributed by atoms with E-state index in [1.54, 1.807) is 0 Å². The molecule has 2 rings (SSSR count). The number of ether oxygens (including phenoxy) is 2. The first-order valence-electron chi connectivity index (χ1n) is 7.54. The van der Waals surface area contributed by atoms with Gasteiger partial charge in [-0.1, -0.05) is 6.07 Å². The lowest BCUT2D eigenvalue weighted by Crippen LogP contribution is -2.46. The minimum atomic E-state index is 0.321. The van der Waals surface area contributed by atoms with Gasteiger partial charge in [0.2, 0.25) is 0 Å². The Kier molecular flexibility index (Phi) is 5.06. The molecule has 112 valence electrons. The molecule has 1 fully saturated rings. The first-order chi connectivity index (χ1) is 9.45. The first kappa shape index (κ1) is 15.3. The van der Waals surface area contributed by atoms with E-state index >= 15 is 0 Å². The van der Waals surface area contributed by atoms with Gasteiger partial charge in [0.25, 0.3) is 0 Å². The van der Waals surface area contributed by atoms with Gasteiger partial charge in [0.1, 0.15) is 12.4 Å². The highest BCUT2D eigenvalue weighted by atomic mass is 16.5. The molecular weight excluding hydrogens is 250 g/mol. The van der Waals surface area contributed by atoms with Crippen molar-refractivity contribution in [2.45, 2.75) is 46.8 Å². The van der Waals surface area contributed by atoms with E-state index in [9.17, 15) is 0 Å². The minimum absolute atomic E-state index is 0.321. The quantitative estimate of drug-likeness (QED) is 0.844. The van der Waals surface area contributed by atoms with Crippen molar-refractivity contribution >= 4 is 0 Å². The van der Waals surface area contributed by atoms with Crippen molar-refractivity contribution in [3.05, 3.63) is 28.8 Å². The van der Waals surface area contributed by atoms with Crippen LogP contribution in [0.25, 0.3) is 0 Å². The highest BCUT2D eigenvalue weighted by molar-refractivity contribution is 5.41. The summed E-state index contributed by atoms with van der Waals surface area (Å²) < 4.78 is 11.7. The predicted octanol–water partition coefficient (Wildman–Crippen LogP) is 3.10. The average Bonchev–Trinajstić information content (AvgIpc) is 2.34. The smallest absolute Gasteiger partial charge is 0.122 e. The summed E-state index contributed by atoms with van der Waals surface area (Å²) in [4.78, 5) is 2.43. The van der Waals surface area contributed by atoms with E-state index in [1.165, 1.54) is 16.7 Å². The zero-order chi connectivity index (χ0) is 14.7. The van der Waals surface area contributed by atoms with Gasteiger partial charge in [0.15, 0.2) is 0 Å². The Labute approximate surface area is 122 Å². The number of nitrogens with zero attached hydrogens (tertiary/aromatic N) is 1. The molecule has 0 aromatic heterocycles. The summed E-state index contributed by atoms with van der Waals surface area (Å²) in [6, 6.07) is 4.33. The van der Waals surface area contributed by atoms with Gasteiger partial charge in [-0.2, -0.15) is 0 Å². The van der Waals surface area contributed by atoms with Crippen LogP contribution in [0.15, 0.2) is 12.1 Å². The van der Waals surface area contributed by atoms with Gasteiger partial charge in [-0.25, -0.2) is 0 Å². The molecule has 1 aromatic rings. The highest BCUT2D eigenvalue weighted by Crippen LogP contribution is 2.23. The van der Waals surface area contributed by atoms with Crippen LogP contribution >= 0.6 is 0 Å². The van der Waals surface area contributed by atoms with E-state index in [0.717, 1.165) is 32.0 Å². The van der Waals surface area contributed by atoms with Crippen molar-refractivity contribution in [1.82, 2.24) is 4.90 Å². The molecule has 1 heterocycles. The molecular formula is C17H27NO2. The van der Waals surface area contributed by atoms with Crippen LogP contribution in [0.1, 0.15) is 30.5 Å². The Morgan fingerprint density at radius 2 is 1.80 bits per heavy atom. The van der Waals surface area contributed by atoms with Gasteiger partial charge in [-0.3, -0.25) is 4.90 Å². The lowest BCUT2D eigenvalue weighted by molar-refractivity contribution is -0.0699. The van der Waals surface area contributed by atoms with Crippen molar-refractivity contribution in [2.24, 2.45) is 0 Å². The summed E-state index contributed by atoms with van der Waals surface area (Å²) >= 11 is 0. The fourth-order valence-electron chi connectivity index (χ4n) is 2.90. The van der Waals surface area contributed by atoms with Gasteiger partial charge >= 0.3 is 0 Å². The summed E-state index contributed by atoms with van der Waals surface area (Å²) in [6.07, 6.45) is 0.642. The highest BCUT2D eigenvalue weighted by Gasteiger charge is 2.21. The van der Waals surface area contributed by atoms with E-state index in [0.29, 0.717) is 12.2 Å². The standard InChI is InChI=1S/C17H27NO2/c1-12-8-13(2)16(5)17(9-12)19-7-6-18-10-14(3)20-15(4)11-18/h8-9,14-15H,6-7,10-11H2,1-5H3. The summed E-state index contributed by atoms with van der Waals surface area (Å²) in [6.45, 7) is 14.4. The van der Waals surface area contributed by atoms with E-state index in [4.69, 9.17) is 9.47 Å². The third-order valence-electron chi connectivity index (χ3n) is 3.92. The van der Waals surface area contributed by atoms with Crippen LogP contribution in [0.3, 0.4) is 0 Å². The van der Waals surface area contributed by atoms with Crippen molar-refractivity contribution < 1.29 is 9.47 Å². The third-order valence-corrected chi connectivity index (χ3v) is 3.92. The molecule has 2 atom stereocenters. The van der Waals surface area contributed by atoms with E-state index in [2.05, 4.69) is 51.7 Å². The van der Waals surface area contributed by atoms with Crippen LogP contribution in [0, 0.1) is 20.8 Å². The average molecular weight is 277 g/mol. The number of morpholine rings is 1. The fraction of sp³-hybridized carbons (Fsp3) is 0.647. The van der Waals surface area contributed by atoms with Crippen molar-refractivity contribution in [1.29, 1.82) is 0 Å². The molecule has 0 radical (unpaired) electrons. The van der Waals surface area contributed by atoms with Gasteiger partial charge in [-0.05, 0) is 57.4 Å². The zero-order valence-corrected chi connectivity index (χ0v) is 13.4. The second-order valence-corrected chi connectivity index (χ2v) is 6.07. The SMILES string of the molecule is Cc1cc(C)c(C)c(OCCN2CC(C)OC(C)C2)c1. The maximum absolute atomic E-state index is 5.99. The molecule has 0 saturated carbocycles. The topological polar surface area (TPSA) is 21.7 Å². The van der Waals surface area contributed by atoms with Crippen LogP contribution in [-0.4, -0.2) is 43.3 Å². The van der Waals surface area contributed by atoms with Crippen molar-refractivity contribution in [3.63, 3.8) is 0 Å². The number of hydrogen-bond acceptors (Lipinski definition) is 3. The Morgan fingerprint density at radius 3 is 2.45 bits per heavy atom. The molecule has 0 bridgehead atoms. The number of aryl methyl sites for hydroxylation is 2. The van der Waals surface area contributed by atoms with Gasteiger partial charge < -0.3 is 9.47 Å². The minimum Gasteiger partial charge on any atom is -0.492 e. The normalized spacial score (nSPS) is 23.9. The van der Waals surface area contributed by atoms with Crippen LogP contribution in [0.5, 0.6) is 5.75 Å². The van der Waals surface area contributed by atoms with E-state index in [-0.39, 0.29) is 0 Å². The molecule has 1 aliphatic heterocycles. The van der Waals surface area contributed by atoms with Gasteiger partial charge in [0.05, 0.1) is 12.2 Å². The summed E-state index contributed by atoms with van der Waals surface area (Å²) in [5.41, 5.74) is 3.81. The maximum Gasteiger partial charge on any atom is 0.122 e. The lowest BCUT2D eigenvalue weighted by Gasteiger charge is -2.35. The molecule has 1 aromatic carbocycles. The monoisotopic (exact) mass is 277 g/mol. The van der Waals surface area contributed by atoms with Crippen LogP contribution in [0.2, 0.25) is 0 Å². The lowest BCUT2D eigenvalue weighted by atomic mass is 10.1. The predicted molar refractivity (Wildman–Crippen MR) is 82.6 cm³/mol. The Bertz CT molecular complexity index is 449. The van der Waals surface area contributed by atoms with Crippen molar-refractivity contribution in [3.8, 4) is 5.75 Å². The molecule has 1 saturated heterocycles. The van der Waals surface area contributed by atoms with E-state index < -0.39 is 0 Å². The summed E-state index contributed by atoms with van der Waals surface area (Å²) in [7, 11) is 0. The molecule has 0 amide bonds. The molecule has 1 aliphatic rings. The van der Waals surface area contributed by atoms with Crippen molar-refractivity contribution in [2.75, 3.05) is 26.2 Å². The molecule has 20 heavy (non-hydrogen) atoms. The fourth-order valence-corrected chi connectivity index (χ4v) is 2.90. The molecule has 0 N–H and O–H groups in total. The van der Waals surface area contributed by atoms with E-state index in [1.807, 2.05) is 0 Å². The number of rotatable bonds is 4. The van der Waals surface area contributed by atoms with Crippen LogP contribution in [-0.2, 0) is 4.74 Å². The third kappa shape index (κ3) is 3.97. The molecule has 3 heteroatoms. The largest absolute Gasteiger partial charge is 0.492 e. The zero-order valence-electron chi connectivity index (χ0n) is 13.4. The molecule has 3 nitrogen and oxygen atoms in total. The molecule has 2 unspecified atom stereocenters. The number of hydrogen-bond donors (Lipinski definition) is 0. The number of benzene rings is 1. The molecule has 0 aliphatic carbocycles. The van der Waals surface area contributed by atoms with Crippen LogP contribution in [0.4, 0.5) is 0 Å². The molecule has 0 spiro atoms. The maximum atomic E-state index is 5.99. The van der Waals surface area contributed by atoms with Gasteiger partial charge in [-0.15, -0.1) is 0 Å². The Morgan fingerprint density at radius 1 is 1.15 bits per heavy atom. The second-order valence-electron chi connectivity index (χ2n) is 6.07. The second kappa shape index (κ2) is 6.59. The Hall–Kier alpha value is -1.06. The van der Waals surface area contributed by atoms with Gasteiger partial charge in [0, 0.05) is 19.6 Å². The summed E-state index contributed by atoms with van der Waals surface area (Å²) in [5, 5.41) is 0. The summed E-state index contributed by atoms with van der Waals surface area (Å²) in [5.74, 6) is 1.02.